The van der Waals surface area contributed by atoms with Crippen molar-refractivity contribution in [3.63, 3.8) is 0 Å². The summed E-state index contributed by atoms with van der Waals surface area (Å²) in [6.45, 7) is 0.762. The first-order chi connectivity index (χ1) is 12.7. The molecular formula is C19H15FN4O2. The van der Waals surface area contributed by atoms with Crippen molar-refractivity contribution in [1.29, 1.82) is 0 Å². The standard InChI is InChI=1S/C19H15FN4O2/c20-14-3-1-13(2-4-14)16-5-6-17-18(23-16)24(11-12-26-17)19(25)22-15-7-9-21-10-8-15/h1-10H,11-12H2,(H,21,22,25). The molecule has 4 rings (SSSR count). The Bertz CT molecular complexity index is 932. The van der Waals surface area contributed by atoms with E-state index >= 15 is 0 Å². The summed E-state index contributed by atoms with van der Waals surface area (Å²) in [5.74, 6) is 0.657. The Hall–Kier alpha value is -3.48. The van der Waals surface area contributed by atoms with Crippen LogP contribution in [0.3, 0.4) is 0 Å². The number of carbonyl (C=O) groups excluding carboxylic acids is 1. The van der Waals surface area contributed by atoms with Gasteiger partial charge in [-0.3, -0.25) is 9.88 Å². The summed E-state index contributed by atoms with van der Waals surface area (Å²) in [5, 5.41) is 2.82. The fourth-order valence-electron chi connectivity index (χ4n) is 2.70. The van der Waals surface area contributed by atoms with E-state index in [4.69, 9.17) is 4.74 Å². The molecule has 1 aliphatic rings. The summed E-state index contributed by atoms with van der Waals surface area (Å²) in [4.78, 5) is 22.7. The quantitative estimate of drug-likeness (QED) is 0.765. The number of carbonyl (C=O) groups is 1. The molecule has 1 aliphatic heterocycles. The maximum Gasteiger partial charge on any atom is 0.327 e. The van der Waals surface area contributed by atoms with Gasteiger partial charge in [0.2, 0.25) is 0 Å². The molecule has 0 saturated carbocycles. The number of hydrogen-bond acceptors (Lipinski definition) is 4. The summed E-state index contributed by atoms with van der Waals surface area (Å²) in [6, 6.07) is 12.7. The predicted molar refractivity (Wildman–Crippen MR) is 95.7 cm³/mol. The summed E-state index contributed by atoms with van der Waals surface area (Å²) < 4.78 is 18.8. The number of nitrogens with one attached hydrogen (secondary N) is 1. The first-order valence-electron chi connectivity index (χ1n) is 8.09. The van der Waals surface area contributed by atoms with E-state index in [0.717, 1.165) is 5.56 Å². The fourth-order valence-corrected chi connectivity index (χ4v) is 2.70. The minimum Gasteiger partial charge on any atom is -0.488 e. The molecule has 1 aromatic carbocycles. The second kappa shape index (κ2) is 6.79. The van der Waals surface area contributed by atoms with Crippen molar-refractivity contribution in [2.45, 2.75) is 0 Å². The van der Waals surface area contributed by atoms with Gasteiger partial charge in [-0.25, -0.2) is 14.2 Å². The third kappa shape index (κ3) is 3.19. The van der Waals surface area contributed by atoms with Crippen molar-refractivity contribution >= 4 is 17.5 Å². The molecule has 1 N–H and O–H groups in total. The van der Waals surface area contributed by atoms with Gasteiger partial charge in [0.05, 0.1) is 12.2 Å². The summed E-state index contributed by atoms with van der Waals surface area (Å²) >= 11 is 0. The van der Waals surface area contributed by atoms with Crippen LogP contribution in [0.1, 0.15) is 0 Å². The van der Waals surface area contributed by atoms with Gasteiger partial charge in [-0.2, -0.15) is 0 Å². The number of halogens is 1. The van der Waals surface area contributed by atoms with Gasteiger partial charge in [-0.15, -0.1) is 0 Å². The summed E-state index contributed by atoms with van der Waals surface area (Å²) in [6.07, 6.45) is 3.21. The molecule has 0 saturated heterocycles. The number of aromatic nitrogens is 2. The van der Waals surface area contributed by atoms with Gasteiger partial charge in [-0.05, 0) is 48.5 Å². The number of hydrogen-bond donors (Lipinski definition) is 1. The van der Waals surface area contributed by atoms with Crippen LogP contribution in [0.5, 0.6) is 5.75 Å². The Kier molecular flexibility index (Phi) is 4.18. The van der Waals surface area contributed by atoms with E-state index < -0.39 is 0 Å². The number of benzene rings is 1. The lowest BCUT2D eigenvalue weighted by atomic mass is 10.1. The molecule has 0 radical (unpaired) electrons. The zero-order valence-corrected chi connectivity index (χ0v) is 13.7. The van der Waals surface area contributed by atoms with Crippen molar-refractivity contribution in [2.24, 2.45) is 0 Å². The molecule has 3 aromatic rings. The van der Waals surface area contributed by atoms with Crippen LogP contribution >= 0.6 is 0 Å². The lowest BCUT2D eigenvalue weighted by Gasteiger charge is -2.28. The molecule has 6 nitrogen and oxygen atoms in total. The Morgan fingerprint density at radius 2 is 1.85 bits per heavy atom. The molecule has 7 heteroatoms. The van der Waals surface area contributed by atoms with Crippen LogP contribution in [0.2, 0.25) is 0 Å². The van der Waals surface area contributed by atoms with Gasteiger partial charge in [0.25, 0.3) is 0 Å². The molecular weight excluding hydrogens is 335 g/mol. The Morgan fingerprint density at radius 1 is 1.08 bits per heavy atom. The monoisotopic (exact) mass is 350 g/mol. The van der Waals surface area contributed by atoms with Gasteiger partial charge in [0, 0.05) is 23.6 Å². The highest BCUT2D eigenvalue weighted by Gasteiger charge is 2.26. The van der Waals surface area contributed by atoms with E-state index in [9.17, 15) is 9.18 Å². The van der Waals surface area contributed by atoms with Gasteiger partial charge in [-0.1, -0.05) is 0 Å². The normalized spacial score (nSPS) is 12.9. The molecule has 0 spiro atoms. The molecule has 0 unspecified atom stereocenters. The molecule has 0 atom stereocenters. The van der Waals surface area contributed by atoms with Crippen molar-refractivity contribution in [3.05, 3.63) is 66.7 Å². The molecule has 0 aliphatic carbocycles. The van der Waals surface area contributed by atoms with Crippen LogP contribution in [0.15, 0.2) is 60.9 Å². The third-order valence-corrected chi connectivity index (χ3v) is 3.98. The number of urea groups is 1. The van der Waals surface area contributed by atoms with E-state index in [0.29, 0.717) is 36.1 Å². The number of pyridine rings is 2. The highest BCUT2D eigenvalue weighted by molar-refractivity contribution is 6.02. The second-order valence-electron chi connectivity index (χ2n) is 5.69. The number of anilines is 2. The van der Waals surface area contributed by atoms with Crippen LogP contribution in [0.4, 0.5) is 20.7 Å². The molecule has 0 fully saturated rings. The molecule has 0 bridgehead atoms. The number of nitrogens with zero attached hydrogens (tertiary/aromatic N) is 3. The highest BCUT2D eigenvalue weighted by Crippen LogP contribution is 2.32. The average Bonchev–Trinajstić information content (AvgIpc) is 2.68. The van der Waals surface area contributed by atoms with Gasteiger partial charge < -0.3 is 10.1 Å². The van der Waals surface area contributed by atoms with Crippen LogP contribution in [-0.2, 0) is 0 Å². The summed E-state index contributed by atoms with van der Waals surface area (Å²) in [5.41, 5.74) is 2.04. The Labute approximate surface area is 149 Å². The number of ether oxygens (including phenoxy) is 1. The van der Waals surface area contributed by atoms with E-state index in [1.165, 1.54) is 17.0 Å². The number of amides is 2. The van der Waals surface area contributed by atoms with Crippen molar-refractivity contribution in [2.75, 3.05) is 23.4 Å². The van der Waals surface area contributed by atoms with Crippen molar-refractivity contribution < 1.29 is 13.9 Å². The third-order valence-electron chi connectivity index (χ3n) is 3.98. The lowest BCUT2D eigenvalue weighted by Crippen LogP contribution is -2.41. The second-order valence-corrected chi connectivity index (χ2v) is 5.69. The maximum absolute atomic E-state index is 13.1. The topological polar surface area (TPSA) is 67.4 Å². The molecule has 2 aromatic heterocycles. The maximum atomic E-state index is 13.1. The Morgan fingerprint density at radius 3 is 2.62 bits per heavy atom. The molecule has 26 heavy (non-hydrogen) atoms. The van der Waals surface area contributed by atoms with E-state index in [-0.39, 0.29) is 11.8 Å². The van der Waals surface area contributed by atoms with Gasteiger partial charge in [0.15, 0.2) is 11.6 Å². The predicted octanol–water partition coefficient (Wildman–Crippen LogP) is 3.71. The fraction of sp³-hybridized carbons (Fsp3) is 0.105. The average molecular weight is 350 g/mol. The van der Waals surface area contributed by atoms with Crippen molar-refractivity contribution in [1.82, 2.24) is 9.97 Å². The van der Waals surface area contributed by atoms with Gasteiger partial charge >= 0.3 is 6.03 Å². The first-order valence-corrected chi connectivity index (χ1v) is 8.09. The highest BCUT2D eigenvalue weighted by atomic mass is 19.1. The van der Waals surface area contributed by atoms with Crippen LogP contribution < -0.4 is 15.0 Å². The smallest absolute Gasteiger partial charge is 0.327 e. The minimum absolute atomic E-state index is 0.301. The Balaban J connectivity index is 1.65. The van der Waals surface area contributed by atoms with E-state index in [1.807, 2.05) is 0 Å². The zero-order valence-electron chi connectivity index (χ0n) is 13.7. The van der Waals surface area contributed by atoms with Crippen molar-refractivity contribution in [3.8, 4) is 17.0 Å². The summed E-state index contributed by atoms with van der Waals surface area (Å²) in [7, 11) is 0. The minimum atomic E-state index is -0.312. The number of fused-ring (bicyclic) bond motifs is 1. The molecule has 130 valence electrons. The largest absolute Gasteiger partial charge is 0.488 e. The molecule has 3 heterocycles. The molecule has 2 amide bonds. The number of rotatable bonds is 2. The van der Waals surface area contributed by atoms with Gasteiger partial charge in [0.1, 0.15) is 12.4 Å². The first kappa shape index (κ1) is 16.0. The van der Waals surface area contributed by atoms with E-state index in [1.54, 1.807) is 48.8 Å². The SMILES string of the molecule is O=C(Nc1ccncc1)N1CCOc2ccc(-c3ccc(F)cc3)nc21. The zero-order chi connectivity index (χ0) is 17.9. The van der Waals surface area contributed by atoms with Crippen LogP contribution in [0.25, 0.3) is 11.3 Å². The van der Waals surface area contributed by atoms with Crippen LogP contribution in [-0.4, -0.2) is 29.2 Å². The lowest BCUT2D eigenvalue weighted by molar-refractivity contribution is 0.249. The van der Waals surface area contributed by atoms with E-state index in [2.05, 4.69) is 15.3 Å². The van der Waals surface area contributed by atoms with Crippen LogP contribution in [0, 0.1) is 5.82 Å².